The third-order valence-corrected chi connectivity index (χ3v) is 7.06. The van der Waals surface area contributed by atoms with Gasteiger partial charge in [-0.25, -0.2) is 8.42 Å². The highest BCUT2D eigenvalue weighted by molar-refractivity contribution is 7.90. The van der Waals surface area contributed by atoms with E-state index < -0.39 is 15.9 Å². The van der Waals surface area contributed by atoms with Gasteiger partial charge in [0, 0.05) is 30.5 Å². The highest BCUT2D eigenvalue weighted by atomic mass is 32.2. The third-order valence-electron chi connectivity index (χ3n) is 6.09. The number of nitrogens with two attached hydrogens (primary N) is 1. The maximum Gasteiger partial charge on any atom is 0.239 e. The van der Waals surface area contributed by atoms with Crippen molar-refractivity contribution in [3.63, 3.8) is 0 Å². The lowest BCUT2D eigenvalue weighted by molar-refractivity contribution is -0.134. The largest absolute Gasteiger partial charge is 0.491 e. The van der Waals surface area contributed by atoms with Crippen LogP contribution in [0.1, 0.15) is 36.0 Å². The second kappa shape index (κ2) is 12.7. The number of sulfone groups is 1. The van der Waals surface area contributed by atoms with Gasteiger partial charge in [-0.1, -0.05) is 24.0 Å². The Kier molecular flexibility index (Phi) is 9.73. The first-order valence-electron chi connectivity index (χ1n) is 11.9. The summed E-state index contributed by atoms with van der Waals surface area (Å²) in [5.41, 5.74) is 9.01. The number of carbonyl (C=O) groups excluding carboxylic acids is 1. The number of carbonyl (C=O) groups is 1. The van der Waals surface area contributed by atoms with Crippen LogP contribution in [0.2, 0.25) is 0 Å². The number of aliphatic hydroxyl groups is 1. The van der Waals surface area contributed by atoms with Crippen molar-refractivity contribution in [2.24, 2.45) is 11.7 Å². The van der Waals surface area contributed by atoms with Gasteiger partial charge in [0.2, 0.25) is 5.91 Å². The molecule has 1 heterocycles. The molecule has 1 atom stereocenters. The number of hydrogen-bond acceptors (Lipinski definition) is 6. The minimum Gasteiger partial charge on any atom is -0.491 e. The van der Waals surface area contributed by atoms with Crippen molar-refractivity contribution >= 4 is 15.7 Å². The molecule has 0 unspecified atom stereocenters. The van der Waals surface area contributed by atoms with Gasteiger partial charge in [-0.15, -0.1) is 0 Å². The molecule has 8 heteroatoms. The van der Waals surface area contributed by atoms with Gasteiger partial charge in [-0.3, -0.25) is 4.79 Å². The molecule has 0 radical (unpaired) electrons. The quantitative estimate of drug-likeness (QED) is 0.512. The summed E-state index contributed by atoms with van der Waals surface area (Å²) in [5.74, 6) is 7.31. The maximum absolute atomic E-state index is 12.5. The van der Waals surface area contributed by atoms with Gasteiger partial charge >= 0.3 is 0 Å². The summed E-state index contributed by atoms with van der Waals surface area (Å²) >= 11 is 0. The SMILES string of the molecule is CS(=O)(=O)CC[C@@H](N)C(=O)N1CCC(Cc2ccc(C#Cc3ccc(OCCO)cc3)cc2)CC1. The molecule has 3 N–H and O–H groups in total. The molecule has 188 valence electrons. The maximum atomic E-state index is 12.5. The fraction of sp³-hybridized carbons (Fsp3) is 0.444. The monoisotopic (exact) mass is 498 g/mol. The first-order chi connectivity index (χ1) is 16.7. The molecular weight excluding hydrogens is 464 g/mol. The van der Waals surface area contributed by atoms with E-state index in [0.717, 1.165) is 36.6 Å². The summed E-state index contributed by atoms with van der Waals surface area (Å²) in [6, 6.07) is 15.0. The number of piperidine rings is 1. The number of rotatable bonds is 9. The van der Waals surface area contributed by atoms with E-state index in [2.05, 4.69) is 24.0 Å². The van der Waals surface area contributed by atoms with E-state index in [9.17, 15) is 13.2 Å². The van der Waals surface area contributed by atoms with Gasteiger partial charge in [0.05, 0.1) is 18.4 Å². The molecule has 2 aromatic carbocycles. The van der Waals surface area contributed by atoms with Gasteiger partial charge in [0.25, 0.3) is 0 Å². The number of amides is 1. The Balaban J connectivity index is 1.45. The van der Waals surface area contributed by atoms with Crippen molar-refractivity contribution in [2.45, 2.75) is 31.7 Å². The molecule has 1 aliphatic rings. The van der Waals surface area contributed by atoms with E-state index >= 15 is 0 Å². The van der Waals surface area contributed by atoms with Crippen LogP contribution in [0.15, 0.2) is 48.5 Å². The van der Waals surface area contributed by atoms with Crippen molar-refractivity contribution in [3.05, 3.63) is 65.2 Å². The minimum absolute atomic E-state index is 0.0138. The second-order valence-electron chi connectivity index (χ2n) is 9.04. The fourth-order valence-corrected chi connectivity index (χ4v) is 4.74. The van der Waals surface area contributed by atoms with Gasteiger partial charge in [0.1, 0.15) is 22.2 Å². The van der Waals surface area contributed by atoms with Crippen LogP contribution in [0.4, 0.5) is 0 Å². The second-order valence-corrected chi connectivity index (χ2v) is 11.3. The van der Waals surface area contributed by atoms with Gasteiger partial charge in [0.15, 0.2) is 0 Å². The molecule has 1 aliphatic heterocycles. The predicted octanol–water partition coefficient (Wildman–Crippen LogP) is 2.00. The van der Waals surface area contributed by atoms with E-state index in [4.69, 9.17) is 15.6 Å². The molecule has 0 saturated carbocycles. The Morgan fingerprint density at radius 1 is 1.09 bits per heavy atom. The molecular formula is C27H34N2O5S. The standard InChI is InChI=1S/C27H34N2O5S/c1-35(32,33)19-14-26(28)27(31)29-15-12-24(13-16-29)20-23-6-4-21(5-7-23)2-3-22-8-10-25(11-9-22)34-18-17-30/h4-11,24,26,30H,12-20,28H2,1H3/t26-/m1/s1. The van der Waals surface area contributed by atoms with Crippen LogP contribution < -0.4 is 10.5 Å². The van der Waals surface area contributed by atoms with Crippen LogP contribution in [-0.2, 0) is 21.1 Å². The Bertz CT molecular complexity index is 1130. The average molecular weight is 499 g/mol. The number of ether oxygens (including phenoxy) is 1. The molecule has 35 heavy (non-hydrogen) atoms. The number of hydrogen-bond donors (Lipinski definition) is 2. The van der Waals surface area contributed by atoms with Gasteiger partial charge in [-0.2, -0.15) is 0 Å². The zero-order valence-corrected chi connectivity index (χ0v) is 21.0. The summed E-state index contributed by atoms with van der Waals surface area (Å²) in [6.07, 6.45) is 4.08. The van der Waals surface area contributed by atoms with Crippen molar-refractivity contribution < 1.29 is 23.1 Å². The number of nitrogens with zero attached hydrogens (tertiary/aromatic N) is 1. The zero-order valence-electron chi connectivity index (χ0n) is 20.2. The molecule has 0 aliphatic carbocycles. The molecule has 7 nitrogen and oxygen atoms in total. The van der Waals surface area contributed by atoms with Crippen LogP contribution in [0.25, 0.3) is 0 Å². The number of benzene rings is 2. The average Bonchev–Trinajstić information content (AvgIpc) is 2.86. The lowest BCUT2D eigenvalue weighted by Crippen LogP contribution is -2.47. The molecule has 1 saturated heterocycles. The van der Waals surface area contributed by atoms with E-state index in [1.54, 1.807) is 4.90 Å². The molecule has 0 bridgehead atoms. The van der Waals surface area contributed by atoms with Crippen LogP contribution in [-0.4, -0.2) is 68.7 Å². The van der Waals surface area contributed by atoms with E-state index in [-0.39, 0.29) is 31.3 Å². The normalized spacial score (nSPS) is 15.2. The molecule has 1 amide bonds. The summed E-state index contributed by atoms with van der Waals surface area (Å²) in [4.78, 5) is 14.3. The molecule has 1 fully saturated rings. The topological polar surface area (TPSA) is 110 Å². The lowest BCUT2D eigenvalue weighted by atomic mass is 9.89. The first kappa shape index (κ1) is 26.7. The van der Waals surface area contributed by atoms with Crippen LogP contribution in [0.3, 0.4) is 0 Å². The summed E-state index contributed by atoms with van der Waals surface area (Å²) in [7, 11) is -3.12. The van der Waals surface area contributed by atoms with Crippen LogP contribution >= 0.6 is 0 Å². The summed E-state index contributed by atoms with van der Waals surface area (Å²) < 4.78 is 28.0. The number of likely N-dealkylation sites (tertiary alicyclic amines) is 1. The Morgan fingerprint density at radius 2 is 1.66 bits per heavy atom. The van der Waals surface area contributed by atoms with E-state index in [0.29, 0.717) is 24.8 Å². The smallest absolute Gasteiger partial charge is 0.239 e. The van der Waals surface area contributed by atoms with Gasteiger partial charge < -0.3 is 20.5 Å². The molecule has 0 aromatic heterocycles. The van der Waals surface area contributed by atoms with E-state index in [1.165, 1.54) is 5.56 Å². The molecule has 2 aromatic rings. The van der Waals surface area contributed by atoms with Crippen molar-refractivity contribution in [1.29, 1.82) is 0 Å². The van der Waals surface area contributed by atoms with Crippen LogP contribution in [0, 0.1) is 17.8 Å². The van der Waals surface area contributed by atoms with Crippen LogP contribution in [0.5, 0.6) is 5.75 Å². The zero-order chi connectivity index (χ0) is 25.3. The Hall–Kier alpha value is -2.86. The van der Waals surface area contributed by atoms with Crippen molar-refractivity contribution in [2.75, 3.05) is 38.3 Å². The Labute approximate surface area is 208 Å². The van der Waals surface area contributed by atoms with Crippen molar-refractivity contribution in [3.8, 4) is 17.6 Å². The highest BCUT2D eigenvalue weighted by Crippen LogP contribution is 2.22. The third kappa shape index (κ3) is 9.02. The van der Waals surface area contributed by atoms with Gasteiger partial charge in [-0.05, 0) is 73.6 Å². The molecule has 0 spiro atoms. The summed E-state index contributed by atoms with van der Waals surface area (Å²) in [6.45, 7) is 1.57. The Morgan fingerprint density at radius 3 is 2.20 bits per heavy atom. The van der Waals surface area contributed by atoms with E-state index in [1.807, 2.05) is 36.4 Å². The lowest BCUT2D eigenvalue weighted by Gasteiger charge is -2.33. The highest BCUT2D eigenvalue weighted by Gasteiger charge is 2.26. The minimum atomic E-state index is -3.12. The number of aliphatic hydroxyl groups excluding tert-OH is 1. The summed E-state index contributed by atoms with van der Waals surface area (Å²) in [5, 5.41) is 8.81. The van der Waals surface area contributed by atoms with Crippen molar-refractivity contribution in [1.82, 2.24) is 4.90 Å². The first-order valence-corrected chi connectivity index (χ1v) is 14.0. The fourth-order valence-electron chi connectivity index (χ4n) is 4.06. The molecule has 3 rings (SSSR count). The predicted molar refractivity (Wildman–Crippen MR) is 137 cm³/mol.